The standard InChI is InChI=1S/C36H48O4Si/c1-29(26-33(38-7)24-25-39-28-31-20-22-32(37-6)23-21-31)18-19-30(2)27-40-41(36(3,4)5,34-14-10-8-11-15-34)35-16-12-9-13-17-35/h8-23,26,30,33H,24-25,27-28H2,1-7H3/b19-18+,29-26+/t30-,33+/m1/s1. The van der Waals surface area contributed by atoms with Gasteiger partial charge in [-0.2, -0.15) is 0 Å². The molecule has 0 aliphatic heterocycles. The van der Waals surface area contributed by atoms with Gasteiger partial charge in [-0.15, -0.1) is 0 Å². The molecule has 3 rings (SSSR count). The Morgan fingerprint density at radius 1 is 0.854 bits per heavy atom. The van der Waals surface area contributed by atoms with E-state index in [0.717, 1.165) is 17.7 Å². The van der Waals surface area contributed by atoms with Crippen LogP contribution >= 0.6 is 0 Å². The Labute approximate surface area is 249 Å². The summed E-state index contributed by atoms with van der Waals surface area (Å²) >= 11 is 0. The van der Waals surface area contributed by atoms with E-state index in [1.165, 1.54) is 15.9 Å². The SMILES string of the molecule is COc1ccc(COCC[C@@H](/C=C(C)/C=C/[C@@H](C)CO[Si](c2ccccc2)(c2ccccc2)C(C)(C)C)OC)cc1. The first-order valence-corrected chi connectivity index (χ1v) is 16.5. The third kappa shape index (κ3) is 9.27. The van der Waals surface area contributed by atoms with Crippen molar-refractivity contribution < 1.29 is 18.6 Å². The van der Waals surface area contributed by atoms with Gasteiger partial charge in [-0.1, -0.05) is 124 Å². The lowest BCUT2D eigenvalue weighted by molar-refractivity contribution is 0.0676. The molecule has 0 amide bonds. The molecule has 0 bridgehead atoms. The molecule has 3 aromatic carbocycles. The quantitative estimate of drug-likeness (QED) is 0.109. The van der Waals surface area contributed by atoms with Crippen LogP contribution in [-0.2, 0) is 20.5 Å². The molecule has 2 atom stereocenters. The predicted octanol–water partition coefficient (Wildman–Crippen LogP) is 7.33. The van der Waals surface area contributed by atoms with Gasteiger partial charge in [-0.3, -0.25) is 0 Å². The first-order valence-electron chi connectivity index (χ1n) is 14.5. The van der Waals surface area contributed by atoms with Crippen molar-refractivity contribution in [2.24, 2.45) is 5.92 Å². The zero-order valence-electron chi connectivity index (χ0n) is 25.9. The Kier molecular flexibility index (Phi) is 12.6. The fraction of sp³-hybridized carbons (Fsp3) is 0.389. The second kappa shape index (κ2) is 15.9. The van der Waals surface area contributed by atoms with Crippen molar-refractivity contribution in [2.75, 3.05) is 27.4 Å². The van der Waals surface area contributed by atoms with Crippen LogP contribution in [0.1, 0.15) is 46.6 Å². The van der Waals surface area contributed by atoms with Crippen LogP contribution in [0, 0.1) is 5.92 Å². The first kappa shape index (κ1) is 32.6. The van der Waals surface area contributed by atoms with Crippen LogP contribution < -0.4 is 15.1 Å². The summed E-state index contributed by atoms with van der Waals surface area (Å²) in [5, 5.41) is 2.59. The first-order chi connectivity index (χ1) is 19.7. The highest BCUT2D eigenvalue weighted by Crippen LogP contribution is 2.37. The number of rotatable bonds is 15. The van der Waals surface area contributed by atoms with Gasteiger partial charge < -0.3 is 18.6 Å². The van der Waals surface area contributed by atoms with Crippen molar-refractivity contribution in [3.63, 3.8) is 0 Å². The zero-order valence-corrected chi connectivity index (χ0v) is 26.9. The molecule has 0 saturated heterocycles. The normalized spacial score (nSPS) is 14.3. The average Bonchev–Trinajstić information content (AvgIpc) is 2.98. The van der Waals surface area contributed by atoms with Gasteiger partial charge in [-0.25, -0.2) is 0 Å². The Hall–Kier alpha value is -2.96. The van der Waals surface area contributed by atoms with Gasteiger partial charge in [0.15, 0.2) is 0 Å². The molecular formula is C36H48O4Si. The topological polar surface area (TPSA) is 36.9 Å². The molecule has 0 radical (unpaired) electrons. The Morgan fingerprint density at radius 3 is 1.95 bits per heavy atom. The highest BCUT2D eigenvalue weighted by Gasteiger charge is 2.50. The Bertz CT molecular complexity index is 1170. The van der Waals surface area contributed by atoms with E-state index in [1.54, 1.807) is 14.2 Å². The van der Waals surface area contributed by atoms with Gasteiger partial charge in [0.05, 0.1) is 19.8 Å². The number of methoxy groups -OCH3 is 2. The van der Waals surface area contributed by atoms with Gasteiger partial charge in [0.2, 0.25) is 0 Å². The maximum Gasteiger partial charge on any atom is 0.261 e. The molecule has 0 unspecified atom stereocenters. The average molecular weight is 573 g/mol. The van der Waals surface area contributed by atoms with E-state index in [0.29, 0.717) is 19.8 Å². The minimum absolute atomic E-state index is 0.000757. The summed E-state index contributed by atoms with van der Waals surface area (Å²) in [6.45, 7) is 13.2. The maximum absolute atomic E-state index is 7.10. The summed E-state index contributed by atoms with van der Waals surface area (Å²) in [5.41, 5.74) is 2.30. The number of ether oxygens (including phenoxy) is 3. The van der Waals surface area contributed by atoms with Crippen LogP contribution in [0.5, 0.6) is 5.75 Å². The summed E-state index contributed by atoms with van der Waals surface area (Å²) in [7, 11) is 0.888. The minimum atomic E-state index is -2.54. The fourth-order valence-corrected chi connectivity index (χ4v) is 9.79. The molecule has 0 saturated carbocycles. The van der Waals surface area contributed by atoms with Crippen LogP contribution in [0.4, 0.5) is 0 Å². The predicted molar refractivity (Wildman–Crippen MR) is 174 cm³/mol. The van der Waals surface area contributed by atoms with Crippen LogP contribution in [0.2, 0.25) is 5.04 Å². The lowest BCUT2D eigenvalue weighted by Gasteiger charge is -2.43. The molecule has 0 spiro atoms. The highest BCUT2D eigenvalue weighted by atomic mass is 28.4. The van der Waals surface area contributed by atoms with Crippen LogP contribution in [0.3, 0.4) is 0 Å². The summed E-state index contributed by atoms with van der Waals surface area (Å²) in [5.74, 6) is 1.11. The van der Waals surface area contributed by atoms with Gasteiger partial charge in [0, 0.05) is 26.7 Å². The molecular weight excluding hydrogens is 524 g/mol. The largest absolute Gasteiger partial charge is 0.497 e. The second-order valence-electron chi connectivity index (χ2n) is 11.7. The monoisotopic (exact) mass is 572 g/mol. The highest BCUT2D eigenvalue weighted by molar-refractivity contribution is 6.99. The number of benzene rings is 3. The Morgan fingerprint density at radius 2 is 1.44 bits per heavy atom. The van der Waals surface area contributed by atoms with Crippen molar-refractivity contribution in [3.05, 3.63) is 114 Å². The van der Waals surface area contributed by atoms with Crippen molar-refractivity contribution in [1.82, 2.24) is 0 Å². The molecule has 0 aromatic heterocycles. The lowest BCUT2D eigenvalue weighted by atomic mass is 10.1. The van der Waals surface area contributed by atoms with Gasteiger partial charge in [0.25, 0.3) is 8.32 Å². The van der Waals surface area contributed by atoms with E-state index in [-0.39, 0.29) is 17.1 Å². The molecule has 0 N–H and O–H groups in total. The number of hydrogen-bond donors (Lipinski definition) is 0. The fourth-order valence-electron chi connectivity index (χ4n) is 5.12. The Balaban J connectivity index is 1.61. The third-order valence-corrected chi connectivity index (χ3v) is 12.4. The van der Waals surface area contributed by atoms with E-state index in [4.69, 9.17) is 18.6 Å². The van der Waals surface area contributed by atoms with Crippen molar-refractivity contribution in [2.45, 2.75) is 58.8 Å². The molecule has 41 heavy (non-hydrogen) atoms. The minimum Gasteiger partial charge on any atom is -0.497 e. The van der Waals surface area contributed by atoms with E-state index in [1.807, 2.05) is 24.3 Å². The summed E-state index contributed by atoms with van der Waals surface area (Å²) in [6.07, 6.45) is 7.40. The van der Waals surface area contributed by atoms with Crippen LogP contribution in [0.25, 0.3) is 0 Å². The molecule has 3 aromatic rings. The summed E-state index contributed by atoms with van der Waals surface area (Å²) in [4.78, 5) is 0. The van der Waals surface area contributed by atoms with Crippen molar-refractivity contribution >= 4 is 18.7 Å². The van der Waals surface area contributed by atoms with Crippen molar-refractivity contribution in [1.29, 1.82) is 0 Å². The third-order valence-electron chi connectivity index (χ3n) is 7.39. The molecule has 0 aliphatic carbocycles. The van der Waals surface area contributed by atoms with E-state index in [9.17, 15) is 0 Å². The van der Waals surface area contributed by atoms with Gasteiger partial charge >= 0.3 is 0 Å². The molecule has 5 heteroatoms. The zero-order chi connectivity index (χ0) is 29.7. The molecule has 0 aliphatic rings. The van der Waals surface area contributed by atoms with Crippen molar-refractivity contribution in [3.8, 4) is 5.75 Å². The number of allylic oxidation sites excluding steroid dienone is 2. The second-order valence-corrected chi connectivity index (χ2v) is 16.0. The lowest BCUT2D eigenvalue weighted by Crippen LogP contribution is -2.66. The van der Waals surface area contributed by atoms with E-state index in [2.05, 4.69) is 114 Å². The van der Waals surface area contributed by atoms with Gasteiger partial charge in [0.1, 0.15) is 5.75 Å². The maximum atomic E-state index is 7.10. The van der Waals surface area contributed by atoms with E-state index < -0.39 is 8.32 Å². The van der Waals surface area contributed by atoms with Crippen LogP contribution in [-0.4, -0.2) is 41.9 Å². The summed E-state index contributed by atoms with van der Waals surface area (Å²) < 4.78 is 23.9. The molecule has 0 heterocycles. The number of hydrogen-bond acceptors (Lipinski definition) is 4. The van der Waals surface area contributed by atoms with Gasteiger partial charge in [-0.05, 0) is 45.9 Å². The van der Waals surface area contributed by atoms with E-state index >= 15 is 0 Å². The molecule has 0 fully saturated rings. The molecule has 4 nitrogen and oxygen atoms in total. The smallest absolute Gasteiger partial charge is 0.261 e. The van der Waals surface area contributed by atoms with Crippen LogP contribution in [0.15, 0.2) is 109 Å². The molecule has 220 valence electrons. The summed E-state index contributed by atoms with van der Waals surface area (Å²) in [6, 6.07) is 29.6.